The Morgan fingerprint density at radius 1 is 1.00 bits per heavy atom. The van der Waals surface area contributed by atoms with Gasteiger partial charge < -0.3 is 5.32 Å². The third kappa shape index (κ3) is 2.07. The van der Waals surface area contributed by atoms with E-state index in [1.165, 1.54) is 28.9 Å². The number of hydrogen-bond acceptors (Lipinski definition) is 2. The lowest BCUT2D eigenvalue weighted by molar-refractivity contribution is 0.256. The summed E-state index contributed by atoms with van der Waals surface area (Å²) in [5.74, 6) is 0. The van der Waals surface area contributed by atoms with Gasteiger partial charge >= 0.3 is 0 Å². The van der Waals surface area contributed by atoms with Gasteiger partial charge in [-0.2, -0.15) is 0 Å². The van der Waals surface area contributed by atoms with Gasteiger partial charge in [0, 0.05) is 28.6 Å². The standard InChI is InChI=1S/C18H19NS/c1-2-7-15(8-3-1)18(12-19-13-18)11-16-10-14-6-4-5-9-17(14)20-16/h1-9,16,19H,10-13H2. The number of hydrogen-bond donors (Lipinski definition) is 1. The van der Waals surface area contributed by atoms with Crippen LogP contribution >= 0.6 is 11.8 Å². The van der Waals surface area contributed by atoms with E-state index in [4.69, 9.17) is 0 Å². The zero-order valence-corrected chi connectivity index (χ0v) is 12.3. The molecule has 1 nitrogen and oxygen atoms in total. The lowest BCUT2D eigenvalue weighted by Crippen LogP contribution is -2.57. The second-order valence-electron chi connectivity index (χ2n) is 6.01. The fraction of sp³-hybridized carbons (Fsp3) is 0.333. The number of rotatable bonds is 3. The maximum atomic E-state index is 3.49. The Hall–Kier alpha value is -1.25. The Bertz CT molecular complexity index is 579. The van der Waals surface area contributed by atoms with Gasteiger partial charge in [-0.15, -0.1) is 11.8 Å². The first kappa shape index (κ1) is 12.5. The van der Waals surface area contributed by atoms with Crippen LogP contribution in [0.15, 0.2) is 59.5 Å². The second-order valence-corrected chi connectivity index (χ2v) is 7.35. The van der Waals surface area contributed by atoms with Crippen molar-refractivity contribution in [1.82, 2.24) is 5.32 Å². The first-order valence-corrected chi connectivity index (χ1v) is 8.25. The van der Waals surface area contributed by atoms with Crippen molar-refractivity contribution in [1.29, 1.82) is 0 Å². The van der Waals surface area contributed by atoms with Gasteiger partial charge in [-0.1, -0.05) is 48.5 Å². The Labute approximate surface area is 124 Å². The summed E-state index contributed by atoms with van der Waals surface area (Å²) < 4.78 is 0. The summed E-state index contributed by atoms with van der Waals surface area (Å²) in [6.07, 6.45) is 2.51. The van der Waals surface area contributed by atoms with E-state index < -0.39 is 0 Å². The highest BCUT2D eigenvalue weighted by molar-refractivity contribution is 8.00. The van der Waals surface area contributed by atoms with Crippen LogP contribution in [0, 0.1) is 0 Å². The monoisotopic (exact) mass is 281 g/mol. The van der Waals surface area contributed by atoms with Gasteiger partial charge in [0.2, 0.25) is 0 Å². The number of nitrogens with one attached hydrogen (secondary N) is 1. The normalized spacial score (nSPS) is 23.1. The van der Waals surface area contributed by atoms with E-state index in [0.29, 0.717) is 5.41 Å². The van der Waals surface area contributed by atoms with E-state index in [0.717, 1.165) is 18.3 Å². The van der Waals surface area contributed by atoms with Crippen molar-refractivity contribution in [2.75, 3.05) is 13.1 Å². The average molecular weight is 281 g/mol. The smallest absolute Gasteiger partial charge is 0.0213 e. The summed E-state index contributed by atoms with van der Waals surface area (Å²) >= 11 is 2.08. The molecule has 1 saturated heterocycles. The van der Waals surface area contributed by atoms with E-state index in [2.05, 4.69) is 71.7 Å². The summed E-state index contributed by atoms with van der Waals surface area (Å²) in [5, 5.41) is 4.22. The van der Waals surface area contributed by atoms with Crippen LogP contribution in [0.5, 0.6) is 0 Å². The fourth-order valence-electron chi connectivity index (χ4n) is 3.49. The number of thioether (sulfide) groups is 1. The van der Waals surface area contributed by atoms with Gasteiger partial charge in [-0.3, -0.25) is 0 Å². The molecule has 1 fully saturated rings. The van der Waals surface area contributed by atoms with Crippen LogP contribution in [0.4, 0.5) is 0 Å². The minimum absolute atomic E-state index is 0.362. The molecule has 0 bridgehead atoms. The maximum absolute atomic E-state index is 3.49. The third-order valence-corrected chi connectivity index (χ3v) is 5.96. The van der Waals surface area contributed by atoms with Crippen molar-refractivity contribution in [2.24, 2.45) is 0 Å². The highest BCUT2D eigenvalue weighted by atomic mass is 32.2. The molecule has 20 heavy (non-hydrogen) atoms. The molecule has 0 radical (unpaired) electrons. The molecular formula is C18H19NS. The van der Waals surface area contributed by atoms with Crippen molar-refractivity contribution >= 4 is 11.8 Å². The second kappa shape index (κ2) is 4.94. The molecule has 1 N–H and O–H groups in total. The Kier molecular flexibility index (Phi) is 3.08. The van der Waals surface area contributed by atoms with Crippen LogP contribution < -0.4 is 5.32 Å². The molecule has 0 aromatic heterocycles. The molecule has 2 aromatic rings. The molecule has 2 aromatic carbocycles. The minimum atomic E-state index is 0.362. The lowest BCUT2D eigenvalue weighted by Gasteiger charge is -2.44. The molecule has 2 aliphatic heterocycles. The topological polar surface area (TPSA) is 12.0 Å². The zero-order chi connectivity index (χ0) is 13.4. The fourth-order valence-corrected chi connectivity index (χ4v) is 4.97. The molecule has 0 spiro atoms. The zero-order valence-electron chi connectivity index (χ0n) is 11.5. The van der Waals surface area contributed by atoms with Crippen LogP contribution in [0.3, 0.4) is 0 Å². The van der Waals surface area contributed by atoms with Gasteiger partial charge in [0.15, 0.2) is 0 Å². The van der Waals surface area contributed by atoms with Gasteiger partial charge in [-0.25, -0.2) is 0 Å². The van der Waals surface area contributed by atoms with Crippen LogP contribution in [-0.2, 0) is 11.8 Å². The van der Waals surface area contributed by atoms with Gasteiger partial charge in [0.25, 0.3) is 0 Å². The number of fused-ring (bicyclic) bond motifs is 1. The predicted molar refractivity (Wildman–Crippen MR) is 85.4 cm³/mol. The molecule has 0 saturated carbocycles. The number of benzene rings is 2. The van der Waals surface area contributed by atoms with Crippen LogP contribution in [0.2, 0.25) is 0 Å². The molecular weight excluding hydrogens is 262 g/mol. The van der Waals surface area contributed by atoms with Gasteiger partial charge in [0.1, 0.15) is 0 Å². The highest BCUT2D eigenvalue weighted by Gasteiger charge is 2.41. The largest absolute Gasteiger partial charge is 0.315 e. The Balaban J connectivity index is 1.55. The maximum Gasteiger partial charge on any atom is 0.0213 e. The average Bonchev–Trinajstić information content (AvgIpc) is 2.86. The molecule has 1 atom stereocenters. The van der Waals surface area contributed by atoms with Crippen molar-refractivity contribution < 1.29 is 0 Å². The minimum Gasteiger partial charge on any atom is -0.315 e. The molecule has 2 aliphatic rings. The SMILES string of the molecule is c1ccc(C2(CC3Cc4ccccc4S3)CNC2)cc1. The van der Waals surface area contributed by atoms with E-state index in [1.54, 1.807) is 0 Å². The Morgan fingerprint density at radius 3 is 2.45 bits per heavy atom. The lowest BCUT2D eigenvalue weighted by atomic mass is 9.71. The quantitative estimate of drug-likeness (QED) is 0.922. The van der Waals surface area contributed by atoms with Crippen molar-refractivity contribution in [3.05, 3.63) is 65.7 Å². The predicted octanol–water partition coefficient (Wildman–Crippen LogP) is 3.63. The summed E-state index contributed by atoms with van der Waals surface area (Å²) in [6, 6.07) is 19.9. The first-order valence-electron chi connectivity index (χ1n) is 7.37. The van der Waals surface area contributed by atoms with E-state index in [9.17, 15) is 0 Å². The highest BCUT2D eigenvalue weighted by Crippen LogP contribution is 2.44. The van der Waals surface area contributed by atoms with Crippen molar-refractivity contribution in [3.63, 3.8) is 0 Å². The van der Waals surface area contributed by atoms with Crippen LogP contribution in [0.25, 0.3) is 0 Å². The molecule has 2 heterocycles. The first-order chi connectivity index (χ1) is 9.86. The summed E-state index contributed by atoms with van der Waals surface area (Å²) in [7, 11) is 0. The third-order valence-electron chi connectivity index (χ3n) is 4.65. The van der Waals surface area contributed by atoms with Crippen molar-refractivity contribution in [2.45, 2.75) is 28.4 Å². The molecule has 1 unspecified atom stereocenters. The molecule has 4 rings (SSSR count). The van der Waals surface area contributed by atoms with Crippen LogP contribution in [-0.4, -0.2) is 18.3 Å². The van der Waals surface area contributed by atoms with E-state index in [1.807, 2.05) is 0 Å². The van der Waals surface area contributed by atoms with E-state index in [-0.39, 0.29) is 0 Å². The van der Waals surface area contributed by atoms with E-state index >= 15 is 0 Å². The summed E-state index contributed by atoms with van der Waals surface area (Å²) in [5.41, 5.74) is 3.41. The Morgan fingerprint density at radius 2 is 1.75 bits per heavy atom. The van der Waals surface area contributed by atoms with Crippen LogP contribution in [0.1, 0.15) is 17.5 Å². The summed E-state index contributed by atoms with van der Waals surface area (Å²) in [6.45, 7) is 2.26. The van der Waals surface area contributed by atoms with Gasteiger partial charge in [-0.05, 0) is 30.0 Å². The van der Waals surface area contributed by atoms with Gasteiger partial charge in [0.05, 0.1) is 0 Å². The molecule has 0 aliphatic carbocycles. The molecule has 0 amide bonds. The summed E-state index contributed by atoms with van der Waals surface area (Å²) in [4.78, 5) is 1.49. The van der Waals surface area contributed by atoms with Crippen molar-refractivity contribution in [3.8, 4) is 0 Å². The molecule has 2 heteroatoms. The molecule has 102 valence electrons.